The molecule has 0 spiro atoms. The Bertz CT molecular complexity index is 479. The van der Waals surface area contributed by atoms with Gasteiger partial charge in [0, 0.05) is 5.69 Å². The van der Waals surface area contributed by atoms with Crippen LogP contribution in [0.4, 0.5) is 5.69 Å². The van der Waals surface area contributed by atoms with Crippen LogP contribution in [0.1, 0.15) is 24.7 Å². The van der Waals surface area contributed by atoms with Gasteiger partial charge in [-0.25, -0.2) is 0 Å². The predicted molar refractivity (Wildman–Crippen MR) is 64.1 cm³/mol. The van der Waals surface area contributed by atoms with Crippen molar-refractivity contribution < 1.29 is 9.26 Å². The Morgan fingerprint density at radius 1 is 1.29 bits per heavy atom. The first kappa shape index (κ1) is 11.4. The van der Waals surface area contributed by atoms with Crippen LogP contribution in [0.25, 0.3) is 0 Å². The van der Waals surface area contributed by atoms with Gasteiger partial charge in [-0.2, -0.15) is 4.98 Å². The molecule has 0 saturated heterocycles. The Balaban J connectivity index is 2.04. The van der Waals surface area contributed by atoms with E-state index in [0.717, 1.165) is 11.4 Å². The number of ether oxygens (including phenoxy) is 1. The average Bonchev–Trinajstić information content (AvgIpc) is 2.77. The third kappa shape index (κ3) is 2.75. The van der Waals surface area contributed by atoms with Crippen LogP contribution in [-0.2, 0) is 0 Å². The highest BCUT2D eigenvalue weighted by atomic mass is 16.5. The molecule has 0 fully saturated rings. The number of nitrogens with zero attached hydrogens (tertiary/aromatic N) is 2. The van der Waals surface area contributed by atoms with Gasteiger partial charge < -0.3 is 14.6 Å². The van der Waals surface area contributed by atoms with Gasteiger partial charge in [-0.3, -0.25) is 0 Å². The molecule has 2 aromatic rings. The lowest BCUT2D eigenvalue weighted by atomic mass is 10.2. The van der Waals surface area contributed by atoms with Crippen LogP contribution in [-0.4, -0.2) is 17.3 Å². The van der Waals surface area contributed by atoms with E-state index in [4.69, 9.17) is 9.26 Å². The summed E-state index contributed by atoms with van der Waals surface area (Å²) in [5.41, 5.74) is 0.981. The van der Waals surface area contributed by atoms with Crippen LogP contribution in [0.15, 0.2) is 28.8 Å². The van der Waals surface area contributed by atoms with Gasteiger partial charge in [-0.1, -0.05) is 5.16 Å². The Hall–Kier alpha value is -2.04. The van der Waals surface area contributed by atoms with Crippen LogP contribution in [0.2, 0.25) is 0 Å². The Morgan fingerprint density at radius 2 is 2.00 bits per heavy atom. The summed E-state index contributed by atoms with van der Waals surface area (Å²) < 4.78 is 10.2. The second-order valence-corrected chi connectivity index (χ2v) is 3.77. The van der Waals surface area contributed by atoms with Gasteiger partial charge in [0.2, 0.25) is 5.89 Å². The molecule has 0 unspecified atom stereocenters. The van der Waals surface area contributed by atoms with Gasteiger partial charge >= 0.3 is 0 Å². The van der Waals surface area contributed by atoms with Crippen LogP contribution in [0, 0.1) is 6.92 Å². The van der Waals surface area contributed by atoms with E-state index >= 15 is 0 Å². The molecule has 1 aromatic carbocycles. The standard InChI is InChI=1S/C12H15N3O2/c1-8(12-14-9(2)15-17-12)13-10-4-6-11(16-3)7-5-10/h4-8,13H,1-3H3/t8-/m0/s1. The maximum absolute atomic E-state index is 5.09. The average molecular weight is 233 g/mol. The fourth-order valence-electron chi connectivity index (χ4n) is 1.49. The normalized spacial score (nSPS) is 12.2. The van der Waals surface area contributed by atoms with Crippen molar-refractivity contribution in [1.29, 1.82) is 0 Å². The minimum absolute atomic E-state index is 0.0235. The molecule has 1 heterocycles. The summed E-state index contributed by atoms with van der Waals surface area (Å²) in [6, 6.07) is 7.66. The third-order valence-corrected chi connectivity index (χ3v) is 2.39. The molecule has 0 bridgehead atoms. The van der Waals surface area contributed by atoms with Gasteiger partial charge in [-0.05, 0) is 38.1 Å². The molecule has 1 atom stereocenters. The summed E-state index contributed by atoms with van der Waals surface area (Å²) in [5, 5.41) is 7.03. The summed E-state index contributed by atoms with van der Waals surface area (Å²) in [6.45, 7) is 3.77. The van der Waals surface area contributed by atoms with Crippen molar-refractivity contribution in [3.05, 3.63) is 36.0 Å². The van der Waals surface area contributed by atoms with E-state index in [-0.39, 0.29) is 6.04 Å². The molecule has 0 radical (unpaired) electrons. The number of aryl methyl sites for hydroxylation is 1. The fraction of sp³-hybridized carbons (Fsp3) is 0.333. The van der Waals surface area contributed by atoms with Crippen molar-refractivity contribution in [3.8, 4) is 5.75 Å². The number of hydrogen-bond acceptors (Lipinski definition) is 5. The first-order chi connectivity index (χ1) is 8.19. The molecule has 17 heavy (non-hydrogen) atoms. The topological polar surface area (TPSA) is 60.2 Å². The smallest absolute Gasteiger partial charge is 0.248 e. The van der Waals surface area contributed by atoms with Crippen LogP contribution >= 0.6 is 0 Å². The monoisotopic (exact) mass is 233 g/mol. The molecule has 90 valence electrons. The quantitative estimate of drug-likeness (QED) is 0.879. The number of anilines is 1. The van der Waals surface area contributed by atoms with Gasteiger partial charge in [0.25, 0.3) is 0 Å². The highest BCUT2D eigenvalue weighted by molar-refractivity contribution is 5.47. The SMILES string of the molecule is COc1ccc(N[C@@H](C)c2nc(C)no2)cc1. The zero-order chi connectivity index (χ0) is 12.3. The largest absolute Gasteiger partial charge is 0.497 e. The molecule has 5 heteroatoms. The van der Waals surface area contributed by atoms with E-state index < -0.39 is 0 Å². The summed E-state index contributed by atoms with van der Waals surface area (Å²) in [6.07, 6.45) is 0. The zero-order valence-corrected chi connectivity index (χ0v) is 10.1. The summed E-state index contributed by atoms with van der Waals surface area (Å²) in [7, 11) is 1.65. The number of nitrogens with one attached hydrogen (secondary N) is 1. The van der Waals surface area contributed by atoms with Gasteiger partial charge in [0.1, 0.15) is 11.8 Å². The maximum atomic E-state index is 5.09. The van der Waals surface area contributed by atoms with Crippen LogP contribution in [0.3, 0.4) is 0 Å². The molecule has 5 nitrogen and oxygen atoms in total. The Labute approximate surface area is 99.8 Å². The molecule has 0 amide bonds. The molecule has 1 N–H and O–H groups in total. The first-order valence-electron chi connectivity index (χ1n) is 5.40. The van der Waals surface area contributed by atoms with Crippen molar-refractivity contribution >= 4 is 5.69 Å². The lowest BCUT2D eigenvalue weighted by Crippen LogP contribution is -2.06. The minimum Gasteiger partial charge on any atom is -0.497 e. The lowest BCUT2D eigenvalue weighted by Gasteiger charge is -2.11. The molecular weight excluding hydrogens is 218 g/mol. The second-order valence-electron chi connectivity index (χ2n) is 3.77. The van der Waals surface area contributed by atoms with Crippen molar-refractivity contribution in [2.24, 2.45) is 0 Å². The van der Waals surface area contributed by atoms with E-state index in [1.165, 1.54) is 0 Å². The Kier molecular flexibility index (Phi) is 3.27. The summed E-state index contributed by atoms with van der Waals surface area (Å²) in [4.78, 5) is 4.18. The molecule has 0 aliphatic carbocycles. The molecule has 0 aliphatic rings. The van der Waals surface area contributed by atoms with Crippen molar-refractivity contribution in [2.75, 3.05) is 12.4 Å². The highest BCUT2D eigenvalue weighted by Gasteiger charge is 2.12. The lowest BCUT2D eigenvalue weighted by molar-refractivity contribution is 0.364. The van der Waals surface area contributed by atoms with Gasteiger partial charge in [0.05, 0.1) is 7.11 Å². The maximum Gasteiger partial charge on any atom is 0.248 e. The minimum atomic E-state index is -0.0235. The molecule has 1 aromatic heterocycles. The molecular formula is C12H15N3O2. The van der Waals surface area contributed by atoms with Crippen LogP contribution in [0.5, 0.6) is 5.75 Å². The number of methoxy groups -OCH3 is 1. The summed E-state index contributed by atoms with van der Waals surface area (Å²) >= 11 is 0. The molecule has 0 aliphatic heterocycles. The first-order valence-corrected chi connectivity index (χ1v) is 5.40. The summed E-state index contributed by atoms with van der Waals surface area (Å²) in [5.74, 6) is 2.05. The van der Waals surface area contributed by atoms with Crippen molar-refractivity contribution in [2.45, 2.75) is 19.9 Å². The number of hydrogen-bond donors (Lipinski definition) is 1. The van der Waals surface area contributed by atoms with E-state index in [0.29, 0.717) is 11.7 Å². The van der Waals surface area contributed by atoms with Crippen molar-refractivity contribution in [3.63, 3.8) is 0 Å². The van der Waals surface area contributed by atoms with Crippen LogP contribution < -0.4 is 10.1 Å². The zero-order valence-electron chi connectivity index (χ0n) is 10.1. The second kappa shape index (κ2) is 4.86. The van der Waals surface area contributed by atoms with E-state index in [1.807, 2.05) is 31.2 Å². The van der Waals surface area contributed by atoms with Gasteiger partial charge in [-0.15, -0.1) is 0 Å². The highest BCUT2D eigenvalue weighted by Crippen LogP contribution is 2.20. The van der Waals surface area contributed by atoms with E-state index in [2.05, 4.69) is 15.5 Å². The number of rotatable bonds is 4. The fourth-order valence-corrected chi connectivity index (χ4v) is 1.49. The number of aromatic nitrogens is 2. The van der Waals surface area contributed by atoms with Crippen molar-refractivity contribution in [1.82, 2.24) is 10.1 Å². The van der Waals surface area contributed by atoms with E-state index in [1.54, 1.807) is 14.0 Å². The van der Waals surface area contributed by atoms with E-state index in [9.17, 15) is 0 Å². The molecule has 0 saturated carbocycles. The number of benzene rings is 1. The van der Waals surface area contributed by atoms with Gasteiger partial charge in [0.15, 0.2) is 5.82 Å². The molecule has 2 rings (SSSR count). The Morgan fingerprint density at radius 3 is 2.53 bits per heavy atom. The predicted octanol–water partition coefficient (Wildman–Crippen LogP) is 2.56. The third-order valence-electron chi connectivity index (χ3n) is 2.39.